The van der Waals surface area contributed by atoms with E-state index in [0.29, 0.717) is 30.3 Å². The van der Waals surface area contributed by atoms with Crippen molar-refractivity contribution in [2.45, 2.75) is 98.2 Å². The summed E-state index contributed by atoms with van der Waals surface area (Å²) >= 11 is 0. The van der Waals surface area contributed by atoms with Gasteiger partial charge in [0.05, 0.1) is 6.10 Å². The lowest BCUT2D eigenvalue weighted by Crippen LogP contribution is -2.45. The van der Waals surface area contributed by atoms with E-state index in [1.807, 2.05) is 33.8 Å². The molecule has 2 saturated carbocycles. The molecule has 0 saturated heterocycles. The van der Waals surface area contributed by atoms with E-state index in [1.54, 1.807) is 0 Å². The van der Waals surface area contributed by atoms with Crippen molar-refractivity contribution >= 4 is 0 Å². The van der Waals surface area contributed by atoms with Crippen LogP contribution in [0.2, 0.25) is 0 Å². The number of hydrogen-bond acceptors (Lipinski definition) is 3. The van der Waals surface area contributed by atoms with E-state index in [4.69, 9.17) is 4.74 Å². The van der Waals surface area contributed by atoms with Crippen molar-refractivity contribution in [3.05, 3.63) is 65.2 Å². The smallest absolute Gasteiger partial charge is 0.120 e. The van der Waals surface area contributed by atoms with E-state index >= 15 is 0 Å². The number of hydrogen-bond donors (Lipinski definition) is 2. The van der Waals surface area contributed by atoms with E-state index in [-0.39, 0.29) is 18.1 Å². The Labute approximate surface area is 213 Å². The quantitative estimate of drug-likeness (QED) is 0.449. The van der Waals surface area contributed by atoms with Crippen molar-refractivity contribution in [3.8, 4) is 5.75 Å². The highest BCUT2D eigenvalue weighted by Crippen LogP contribution is 2.63. The van der Waals surface area contributed by atoms with Crippen LogP contribution in [0.3, 0.4) is 0 Å². The maximum atomic E-state index is 10.9. The highest BCUT2D eigenvalue weighted by Gasteiger charge is 2.58. The average Bonchev–Trinajstić information content (AvgIpc) is 3.18. The molecule has 6 atom stereocenters. The van der Waals surface area contributed by atoms with Crippen LogP contribution in [0.25, 0.3) is 0 Å². The molecule has 3 aliphatic carbocycles. The fourth-order valence-corrected chi connectivity index (χ4v) is 7.30. The van der Waals surface area contributed by atoms with Crippen LogP contribution in [0, 0.1) is 23.2 Å². The highest BCUT2D eigenvalue weighted by molar-refractivity contribution is 5.41. The largest absolute Gasteiger partial charge is 0.489 e. The summed E-state index contributed by atoms with van der Waals surface area (Å²) in [5, 5.41) is 20.3. The molecule has 2 N–H and O–H groups in total. The van der Waals surface area contributed by atoms with Gasteiger partial charge in [-0.15, -0.1) is 0 Å². The number of benzene rings is 2. The minimum atomic E-state index is -0.183. The van der Waals surface area contributed by atoms with Gasteiger partial charge in [0.15, 0.2) is 0 Å². The van der Waals surface area contributed by atoms with Crippen molar-refractivity contribution in [1.82, 2.24) is 0 Å². The fraction of sp³-hybridized carbons (Fsp3) is 0.625. The van der Waals surface area contributed by atoms with Crippen LogP contribution in [0.1, 0.15) is 95.8 Å². The molecule has 0 radical (unpaired) electrons. The number of aliphatic hydroxyl groups is 2. The molecule has 0 amide bonds. The molecular weight excluding hydrogens is 432 g/mol. The van der Waals surface area contributed by atoms with E-state index in [0.717, 1.165) is 37.9 Å². The van der Waals surface area contributed by atoms with Crippen molar-refractivity contribution in [3.63, 3.8) is 0 Å². The molecule has 0 spiro atoms. The maximum absolute atomic E-state index is 10.9. The number of aryl methyl sites for hydroxylation is 1. The third-order valence-electron chi connectivity index (χ3n) is 8.77. The molecule has 2 aromatic carbocycles. The second-order valence-electron chi connectivity index (χ2n) is 10.4. The van der Waals surface area contributed by atoms with Gasteiger partial charge < -0.3 is 14.9 Å². The molecule has 3 heteroatoms. The predicted octanol–water partition coefficient (Wildman–Crippen LogP) is 7.53. The summed E-state index contributed by atoms with van der Waals surface area (Å²) in [5.41, 5.74) is 4.23. The Morgan fingerprint density at radius 1 is 1.00 bits per heavy atom. The number of fused-ring (bicyclic) bond motifs is 5. The first kappa shape index (κ1) is 27.7. The molecule has 2 aromatic rings. The van der Waals surface area contributed by atoms with Gasteiger partial charge in [-0.05, 0) is 103 Å². The Bertz CT molecular complexity index is 895. The maximum Gasteiger partial charge on any atom is 0.120 e. The van der Waals surface area contributed by atoms with Crippen LogP contribution in [-0.4, -0.2) is 22.9 Å². The topological polar surface area (TPSA) is 49.7 Å². The highest BCUT2D eigenvalue weighted by atomic mass is 16.5. The zero-order valence-corrected chi connectivity index (χ0v) is 22.7. The Morgan fingerprint density at radius 2 is 1.74 bits per heavy atom. The predicted molar refractivity (Wildman–Crippen MR) is 146 cm³/mol. The molecule has 0 heterocycles. The molecule has 5 rings (SSSR count). The minimum absolute atomic E-state index is 0.0531. The van der Waals surface area contributed by atoms with Gasteiger partial charge in [0.25, 0.3) is 0 Å². The zero-order valence-electron chi connectivity index (χ0n) is 22.7. The molecule has 0 aromatic heterocycles. The van der Waals surface area contributed by atoms with Crippen LogP contribution in [0.15, 0.2) is 48.5 Å². The second-order valence-corrected chi connectivity index (χ2v) is 10.4. The summed E-state index contributed by atoms with van der Waals surface area (Å²) in [6.45, 7) is 11.2. The monoisotopic (exact) mass is 480 g/mol. The van der Waals surface area contributed by atoms with Gasteiger partial charge in [0.2, 0.25) is 0 Å². The first-order chi connectivity index (χ1) is 17.1. The number of aliphatic hydroxyl groups excluding tert-OH is 2. The van der Waals surface area contributed by atoms with Gasteiger partial charge in [-0.2, -0.15) is 0 Å². The van der Waals surface area contributed by atoms with E-state index in [2.05, 4.69) is 49.4 Å². The van der Waals surface area contributed by atoms with E-state index < -0.39 is 0 Å². The molecule has 194 valence electrons. The SMILES string of the molecule is CC.CC.CC12CCC3c4ccc(OCc5ccccc5)cc4CCC3C1C(CCCO)CC2O. The summed E-state index contributed by atoms with van der Waals surface area (Å²) in [6.07, 6.45) is 7.26. The van der Waals surface area contributed by atoms with Crippen LogP contribution in [0.4, 0.5) is 0 Å². The van der Waals surface area contributed by atoms with Gasteiger partial charge in [0, 0.05) is 6.61 Å². The third kappa shape index (κ3) is 5.78. The lowest BCUT2D eigenvalue weighted by atomic mass is 9.54. The minimum Gasteiger partial charge on any atom is -0.489 e. The van der Waals surface area contributed by atoms with Crippen LogP contribution in [-0.2, 0) is 13.0 Å². The first-order valence-electron chi connectivity index (χ1n) is 14.2. The van der Waals surface area contributed by atoms with Gasteiger partial charge in [0.1, 0.15) is 12.4 Å². The van der Waals surface area contributed by atoms with E-state index in [1.165, 1.54) is 29.5 Å². The standard InChI is InChI=1S/C28H36O3.2C2H6/c1-28-14-13-24-23-12-10-22(31-18-19-6-3-2-4-7-19)16-20(23)9-11-25(24)27(28)21(8-5-15-29)17-26(28)30;2*1-2/h2-4,6-7,10,12,16,21,24-27,29-30H,5,8-9,11,13-15,17-18H2,1H3;2*1-2H3. The normalized spacial score (nSPS) is 30.4. The average molecular weight is 481 g/mol. The fourth-order valence-electron chi connectivity index (χ4n) is 7.30. The Hall–Kier alpha value is -1.84. The Morgan fingerprint density at radius 3 is 2.46 bits per heavy atom. The molecule has 0 aliphatic heterocycles. The number of rotatable bonds is 6. The van der Waals surface area contributed by atoms with Crippen molar-refractivity contribution < 1.29 is 14.9 Å². The van der Waals surface area contributed by atoms with Gasteiger partial charge in [-0.3, -0.25) is 0 Å². The van der Waals surface area contributed by atoms with Crippen molar-refractivity contribution in [2.24, 2.45) is 23.2 Å². The third-order valence-corrected chi connectivity index (χ3v) is 8.77. The lowest BCUT2D eigenvalue weighted by molar-refractivity contribution is -0.0307. The molecule has 3 nitrogen and oxygen atoms in total. The molecule has 2 fully saturated rings. The zero-order chi connectivity index (χ0) is 25.4. The number of ether oxygens (including phenoxy) is 1. The second kappa shape index (κ2) is 12.9. The van der Waals surface area contributed by atoms with Crippen molar-refractivity contribution in [1.29, 1.82) is 0 Å². The molecule has 6 unspecified atom stereocenters. The molecule has 35 heavy (non-hydrogen) atoms. The summed E-state index contributed by atoms with van der Waals surface area (Å²) in [7, 11) is 0. The summed E-state index contributed by atoms with van der Waals surface area (Å²) < 4.78 is 6.10. The molecular formula is C32H48O3. The Kier molecular flexibility index (Phi) is 10.2. The van der Waals surface area contributed by atoms with E-state index in [9.17, 15) is 10.2 Å². The van der Waals surface area contributed by atoms with Crippen LogP contribution in [0.5, 0.6) is 5.75 Å². The molecule has 3 aliphatic rings. The molecule has 0 bridgehead atoms. The van der Waals surface area contributed by atoms with Crippen molar-refractivity contribution in [2.75, 3.05) is 6.61 Å². The first-order valence-corrected chi connectivity index (χ1v) is 14.2. The summed E-state index contributed by atoms with van der Waals surface area (Å²) in [6, 6.07) is 17.1. The van der Waals surface area contributed by atoms with Gasteiger partial charge in [-0.1, -0.05) is 71.0 Å². The van der Waals surface area contributed by atoms with Gasteiger partial charge in [-0.25, -0.2) is 0 Å². The van der Waals surface area contributed by atoms with Crippen LogP contribution >= 0.6 is 0 Å². The lowest BCUT2D eigenvalue weighted by Gasteiger charge is -2.51. The van der Waals surface area contributed by atoms with Crippen LogP contribution < -0.4 is 4.74 Å². The summed E-state index contributed by atoms with van der Waals surface area (Å²) in [4.78, 5) is 0. The van der Waals surface area contributed by atoms with Gasteiger partial charge >= 0.3 is 0 Å². The Balaban J connectivity index is 0.000000815. The summed E-state index contributed by atoms with van der Waals surface area (Å²) in [5.74, 6) is 3.36.